The molecule has 4 atom stereocenters. The van der Waals surface area contributed by atoms with E-state index in [1.54, 1.807) is 0 Å². The summed E-state index contributed by atoms with van der Waals surface area (Å²) in [5.74, 6) is 2.10. The molecule has 1 aliphatic carbocycles. The largest absolute Gasteiger partial charge is 0.392 e. The van der Waals surface area contributed by atoms with E-state index in [1.165, 1.54) is 19.3 Å². The van der Waals surface area contributed by atoms with Crippen LogP contribution in [0.4, 0.5) is 0 Å². The van der Waals surface area contributed by atoms with Crippen molar-refractivity contribution in [2.24, 2.45) is 17.8 Å². The first-order chi connectivity index (χ1) is 8.08. The van der Waals surface area contributed by atoms with Gasteiger partial charge < -0.3 is 10.4 Å². The predicted octanol–water partition coefficient (Wildman–Crippen LogP) is 3.20. The second-order valence-corrected chi connectivity index (χ2v) is 6.05. The SMILES string of the molecule is CCC(CC)C(O)CNC1CCC(C)CC1C. The molecular weight excluding hydrogens is 210 g/mol. The minimum Gasteiger partial charge on any atom is -0.392 e. The zero-order valence-electron chi connectivity index (χ0n) is 12.1. The highest BCUT2D eigenvalue weighted by atomic mass is 16.3. The number of aliphatic hydroxyl groups excluding tert-OH is 1. The van der Waals surface area contributed by atoms with Crippen molar-refractivity contribution in [1.29, 1.82) is 0 Å². The molecule has 0 aromatic rings. The molecule has 0 radical (unpaired) electrons. The van der Waals surface area contributed by atoms with Gasteiger partial charge in [-0.25, -0.2) is 0 Å². The summed E-state index contributed by atoms with van der Waals surface area (Å²) in [6.07, 6.45) is 5.93. The van der Waals surface area contributed by atoms with Crippen molar-refractivity contribution in [2.45, 2.75) is 71.9 Å². The minimum atomic E-state index is -0.170. The van der Waals surface area contributed by atoms with Crippen LogP contribution < -0.4 is 5.32 Å². The van der Waals surface area contributed by atoms with Crippen LogP contribution >= 0.6 is 0 Å². The van der Waals surface area contributed by atoms with Crippen molar-refractivity contribution in [3.8, 4) is 0 Å². The van der Waals surface area contributed by atoms with Crippen molar-refractivity contribution in [3.63, 3.8) is 0 Å². The Kier molecular flexibility index (Phi) is 6.50. The molecule has 4 unspecified atom stereocenters. The third-order valence-electron chi connectivity index (χ3n) is 4.61. The van der Waals surface area contributed by atoms with Crippen LogP contribution in [0.2, 0.25) is 0 Å². The second kappa shape index (κ2) is 7.38. The molecule has 1 fully saturated rings. The number of hydrogen-bond donors (Lipinski definition) is 2. The highest BCUT2D eigenvalue weighted by molar-refractivity contribution is 4.82. The van der Waals surface area contributed by atoms with Gasteiger partial charge in [-0.2, -0.15) is 0 Å². The van der Waals surface area contributed by atoms with Gasteiger partial charge in [0.2, 0.25) is 0 Å². The fraction of sp³-hybridized carbons (Fsp3) is 1.00. The average Bonchev–Trinajstić information content (AvgIpc) is 2.29. The lowest BCUT2D eigenvalue weighted by atomic mass is 9.80. The van der Waals surface area contributed by atoms with Crippen LogP contribution in [0.25, 0.3) is 0 Å². The molecule has 2 nitrogen and oxygen atoms in total. The first kappa shape index (κ1) is 15.0. The first-order valence-corrected chi connectivity index (χ1v) is 7.49. The average molecular weight is 241 g/mol. The lowest BCUT2D eigenvalue weighted by molar-refractivity contribution is 0.0908. The minimum absolute atomic E-state index is 0.170. The van der Waals surface area contributed by atoms with Gasteiger partial charge in [-0.1, -0.05) is 40.5 Å². The summed E-state index contributed by atoms with van der Waals surface area (Å²) in [7, 11) is 0. The van der Waals surface area contributed by atoms with Gasteiger partial charge in [0.15, 0.2) is 0 Å². The number of rotatable bonds is 6. The fourth-order valence-corrected chi connectivity index (χ4v) is 3.24. The van der Waals surface area contributed by atoms with Gasteiger partial charge in [-0.3, -0.25) is 0 Å². The summed E-state index contributed by atoms with van der Waals surface area (Å²) in [6.45, 7) is 9.81. The van der Waals surface area contributed by atoms with Gasteiger partial charge in [0.05, 0.1) is 6.10 Å². The molecular formula is C15H31NO. The lowest BCUT2D eigenvalue weighted by Crippen LogP contribution is -2.44. The monoisotopic (exact) mass is 241 g/mol. The summed E-state index contributed by atoms with van der Waals surface area (Å²) in [5.41, 5.74) is 0. The molecule has 1 rings (SSSR count). The van der Waals surface area contributed by atoms with Gasteiger partial charge in [0.1, 0.15) is 0 Å². The standard InChI is InChI=1S/C15H31NO/c1-5-13(6-2)15(17)10-16-14-8-7-11(3)9-12(14)4/h11-17H,5-10H2,1-4H3. The Morgan fingerprint density at radius 2 is 1.82 bits per heavy atom. The Labute approximate surface area is 107 Å². The van der Waals surface area contributed by atoms with E-state index in [2.05, 4.69) is 33.0 Å². The van der Waals surface area contributed by atoms with E-state index in [4.69, 9.17) is 0 Å². The van der Waals surface area contributed by atoms with E-state index >= 15 is 0 Å². The summed E-state index contributed by atoms with van der Waals surface area (Å²) in [4.78, 5) is 0. The highest BCUT2D eigenvalue weighted by Gasteiger charge is 2.26. The van der Waals surface area contributed by atoms with Gasteiger partial charge >= 0.3 is 0 Å². The van der Waals surface area contributed by atoms with E-state index in [1.807, 2.05) is 0 Å². The molecule has 0 aromatic carbocycles. The second-order valence-electron chi connectivity index (χ2n) is 6.05. The molecule has 0 heterocycles. The van der Waals surface area contributed by atoms with Crippen LogP contribution in [0.1, 0.15) is 59.8 Å². The van der Waals surface area contributed by atoms with Crippen LogP contribution in [0.5, 0.6) is 0 Å². The van der Waals surface area contributed by atoms with Gasteiger partial charge in [0, 0.05) is 12.6 Å². The Hall–Kier alpha value is -0.0800. The van der Waals surface area contributed by atoms with Gasteiger partial charge in [-0.05, 0) is 37.0 Å². The third-order valence-corrected chi connectivity index (χ3v) is 4.61. The molecule has 102 valence electrons. The maximum absolute atomic E-state index is 10.1. The summed E-state index contributed by atoms with van der Waals surface area (Å²) < 4.78 is 0. The predicted molar refractivity (Wildman–Crippen MR) is 74.0 cm³/mol. The summed E-state index contributed by atoms with van der Waals surface area (Å²) >= 11 is 0. The van der Waals surface area contributed by atoms with Crippen LogP contribution in [0.15, 0.2) is 0 Å². The maximum Gasteiger partial charge on any atom is 0.0692 e. The molecule has 0 aromatic heterocycles. The molecule has 2 N–H and O–H groups in total. The van der Waals surface area contributed by atoms with E-state index in [9.17, 15) is 5.11 Å². The molecule has 0 spiro atoms. The topological polar surface area (TPSA) is 32.3 Å². The molecule has 0 bridgehead atoms. The van der Waals surface area contributed by atoms with Gasteiger partial charge in [0.25, 0.3) is 0 Å². The Balaban J connectivity index is 2.30. The van der Waals surface area contributed by atoms with Crippen molar-refractivity contribution in [2.75, 3.05) is 6.54 Å². The highest BCUT2D eigenvalue weighted by Crippen LogP contribution is 2.28. The normalized spacial score (nSPS) is 31.8. The maximum atomic E-state index is 10.1. The number of aliphatic hydroxyl groups is 1. The van der Waals surface area contributed by atoms with Crippen molar-refractivity contribution in [1.82, 2.24) is 5.32 Å². The number of nitrogens with one attached hydrogen (secondary N) is 1. The van der Waals surface area contributed by atoms with Crippen LogP contribution in [0.3, 0.4) is 0 Å². The van der Waals surface area contributed by atoms with E-state index < -0.39 is 0 Å². The molecule has 2 heteroatoms. The zero-order chi connectivity index (χ0) is 12.8. The Morgan fingerprint density at radius 3 is 2.35 bits per heavy atom. The van der Waals surface area contributed by atoms with E-state index in [0.29, 0.717) is 12.0 Å². The molecule has 0 aliphatic heterocycles. The molecule has 17 heavy (non-hydrogen) atoms. The van der Waals surface area contributed by atoms with Crippen LogP contribution in [-0.4, -0.2) is 23.8 Å². The first-order valence-electron chi connectivity index (χ1n) is 7.49. The molecule has 0 amide bonds. The Morgan fingerprint density at radius 1 is 1.18 bits per heavy atom. The molecule has 1 aliphatic rings. The van der Waals surface area contributed by atoms with Crippen molar-refractivity contribution >= 4 is 0 Å². The summed E-state index contributed by atoms with van der Waals surface area (Å²) in [6, 6.07) is 0.621. The number of hydrogen-bond acceptors (Lipinski definition) is 2. The molecule has 1 saturated carbocycles. The zero-order valence-corrected chi connectivity index (χ0v) is 12.1. The van der Waals surface area contributed by atoms with Crippen LogP contribution in [-0.2, 0) is 0 Å². The smallest absolute Gasteiger partial charge is 0.0692 e. The van der Waals surface area contributed by atoms with Crippen molar-refractivity contribution < 1.29 is 5.11 Å². The van der Waals surface area contributed by atoms with Gasteiger partial charge in [-0.15, -0.1) is 0 Å². The van der Waals surface area contributed by atoms with E-state index in [-0.39, 0.29) is 6.10 Å². The lowest BCUT2D eigenvalue weighted by Gasteiger charge is -2.34. The quantitative estimate of drug-likeness (QED) is 0.748. The molecule has 0 saturated heterocycles. The summed E-state index contributed by atoms with van der Waals surface area (Å²) in [5, 5.41) is 13.7. The van der Waals surface area contributed by atoms with E-state index in [0.717, 1.165) is 31.2 Å². The fourth-order valence-electron chi connectivity index (χ4n) is 3.24. The van der Waals surface area contributed by atoms with Crippen molar-refractivity contribution in [3.05, 3.63) is 0 Å². The van der Waals surface area contributed by atoms with Crippen LogP contribution in [0, 0.1) is 17.8 Å². The Bertz CT molecular complexity index is 203. The third kappa shape index (κ3) is 4.59.